The first kappa shape index (κ1) is 55.1. The fourth-order valence-electron chi connectivity index (χ4n) is 8.83. The van der Waals surface area contributed by atoms with Gasteiger partial charge in [-0.1, -0.05) is 60.7 Å². The number of non-ortho nitro benzene ring substituents is 2. The summed E-state index contributed by atoms with van der Waals surface area (Å²) in [5.74, 6) is -3.44. The monoisotopic (exact) mass is 1080 g/mol. The molecule has 6 aromatic carbocycles. The molecule has 0 spiro atoms. The Morgan fingerprint density at radius 2 is 1.01 bits per heavy atom. The summed E-state index contributed by atoms with van der Waals surface area (Å²) >= 11 is 0. The minimum Gasteiger partial charge on any atom is -0.478 e. The number of nitro benzene ring substituents is 2. The average molecular weight is 1080 g/mol. The van der Waals surface area contributed by atoms with Crippen LogP contribution in [-0.4, -0.2) is 113 Å². The van der Waals surface area contributed by atoms with Crippen LogP contribution in [0.1, 0.15) is 65.4 Å². The van der Waals surface area contributed by atoms with Crippen molar-refractivity contribution in [1.29, 1.82) is 0 Å². The number of β-amino-alcohol motifs (C(OH)–C–C–N with tert-alkyl or cyclic N) is 1. The van der Waals surface area contributed by atoms with E-state index in [2.05, 4.69) is 9.97 Å². The van der Waals surface area contributed by atoms with Crippen molar-refractivity contribution in [2.75, 3.05) is 13.1 Å². The van der Waals surface area contributed by atoms with Crippen LogP contribution in [-0.2, 0) is 27.4 Å². The maximum Gasteiger partial charge on any atom is 0.410 e. The molecule has 0 radical (unpaired) electrons. The van der Waals surface area contributed by atoms with Gasteiger partial charge in [0.25, 0.3) is 11.4 Å². The Morgan fingerprint density at radius 1 is 0.582 bits per heavy atom. The fraction of sp³-hybridized carbons (Fsp3) is 0.179. The van der Waals surface area contributed by atoms with Crippen LogP contribution < -0.4 is 0 Å². The number of Topliss-reactive ketones (excluding diaryl/α,β-unsaturated/α-hetero) is 2. The van der Waals surface area contributed by atoms with Gasteiger partial charge in [0.05, 0.1) is 40.2 Å². The maximum atomic E-state index is 13.7. The highest BCUT2D eigenvalue weighted by Gasteiger charge is 2.44. The van der Waals surface area contributed by atoms with Gasteiger partial charge < -0.3 is 34.4 Å². The lowest BCUT2D eigenvalue weighted by molar-refractivity contribution is -0.385. The van der Waals surface area contributed by atoms with Gasteiger partial charge in [0.1, 0.15) is 43.0 Å². The molecule has 2 fully saturated rings. The molecule has 21 nitrogen and oxygen atoms in total. The van der Waals surface area contributed by atoms with Crippen molar-refractivity contribution in [1.82, 2.24) is 19.8 Å². The first-order valence-electron chi connectivity index (χ1n) is 24.1. The predicted molar refractivity (Wildman–Crippen MR) is 277 cm³/mol. The van der Waals surface area contributed by atoms with E-state index in [1.807, 2.05) is 36.4 Å². The molecule has 4 heterocycles. The van der Waals surface area contributed by atoms with Crippen LogP contribution >= 0.6 is 0 Å². The molecular weight excluding hydrogens is 1030 g/mol. The van der Waals surface area contributed by atoms with E-state index in [0.29, 0.717) is 27.4 Å². The third kappa shape index (κ3) is 13.5. The van der Waals surface area contributed by atoms with Crippen LogP contribution in [0.4, 0.5) is 29.7 Å². The van der Waals surface area contributed by atoms with Gasteiger partial charge in [-0.3, -0.25) is 39.6 Å². The van der Waals surface area contributed by atoms with E-state index in [9.17, 15) is 62.9 Å². The number of esters is 1. The van der Waals surface area contributed by atoms with E-state index in [0.717, 1.165) is 23.3 Å². The molecule has 0 aliphatic carbocycles. The Bertz CT molecular complexity index is 3530. The number of amides is 2. The second kappa shape index (κ2) is 24.7. The summed E-state index contributed by atoms with van der Waals surface area (Å²) in [5.41, 5.74) is 2.98. The van der Waals surface area contributed by atoms with Gasteiger partial charge in [-0.15, -0.1) is 0 Å². The van der Waals surface area contributed by atoms with Crippen LogP contribution in [0.15, 0.2) is 158 Å². The van der Waals surface area contributed by atoms with E-state index in [-0.39, 0.29) is 73.0 Å². The number of carboxylic acids is 1. The number of carbonyl (C=O) groups excluding carboxylic acids is 5. The van der Waals surface area contributed by atoms with Gasteiger partial charge in [-0.25, -0.2) is 28.0 Å². The Hall–Kier alpha value is -10.2. The van der Waals surface area contributed by atoms with Gasteiger partial charge in [-0.05, 0) is 71.8 Å². The number of nitrogens with zero attached hydrogens (tertiary/aromatic N) is 4. The molecule has 0 bridgehead atoms. The van der Waals surface area contributed by atoms with Crippen LogP contribution in [0.3, 0.4) is 0 Å². The zero-order chi connectivity index (χ0) is 56.3. The molecule has 2 saturated heterocycles. The van der Waals surface area contributed by atoms with Crippen molar-refractivity contribution in [3.05, 3.63) is 223 Å². The Labute approximate surface area is 445 Å². The summed E-state index contributed by atoms with van der Waals surface area (Å²) in [4.78, 5) is 103. The highest BCUT2D eigenvalue weighted by Crippen LogP contribution is 2.31. The van der Waals surface area contributed by atoms with Gasteiger partial charge >= 0.3 is 24.1 Å². The lowest BCUT2D eigenvalue weighted by Gasteiger charge is -2.22. The van der Waals surface area contributed by atoms with E-state index < -0.39 is 75.7 Å². The van der Waals surface area contributed by atoms with Gasteiger partial charge in [0.15, 0.2) is 11.6 Å². The number of nitro groups is 2. The van der Waals surface area contributed by atoms with Crippen molar-refractivity contribution in [3.63, 3.8) is 0 Å². The SMILES string of the molecule is O=C(O)c1ccc([N+](=O)[O-])cc1.O=C(O[C@H]1C[C@@H](C(=O)c2c[nH]c3cc(F)ccc23)N(C(=O)OCc2ccccc2)C1)c1ccc([N+](=O)[O-])cc1.O=C(c1c[nH]c2cc(F)ccc12)[C@@H]1C[C@@H](O)CN1C(=O)OCc1ccccc1. The van der Waals surface area contributed by atoms with Crippen LogP contribution in [0.2, 0.25) is 0 Å². The molecule has 8 aromatic rings. The number of carbonyl (C=O) groups is 6. The standard InChI is InChI=1S/C28H22FN3O7.C21H19FN2O4.C7H5NO4/c29-19-8-11-22-23(14-30-24(22)12-19)26(33)25-13-21(39-27(34)18-6-9-20(10-7-18)32(36)37)15-31(25)28(35)38-16-17-4-2-1-3-5-17;22-14-6-7-16-17(10-23-18(16)8-14)20(26)19-9-15(25)11-24(19)21(27)28-12-13-4-2-1-3-5-13;9-7(10)5-1-3-6(4-2-5)8(11)12/h1-12,14,21,25,30H,13,15-16H2;1-8,10,15,19,23,25H,9,11-12H2;1-4H,(H,9,10)/t21-,25-;15-,19+;/m01./s1. The zero-order valence-corrected chi connectivity index (χ0v) is 41.3. The molecule has 4 atom stereocenters. The van der Waals surface area contributed by atoms with Crippen LogP contribution in [0, 0.1) is 31.9 Å². The summed E-state index contributed by atoms with van der Waals surface area (Å²) in [6.45, 7) is -0.00299. The average Bonchev–Trinajstić information content (AvgIpc) is 4.44. The van der Waals surface area contributed by atoms with Crippen LogP contribution in [0.5, 0.6) is 0 Å². The number of aromatic amines is 2. The van der Waals surface area contributed by atoms with Crippen LogP contribution in [0.25, 0.3) is 21.8 Å². The summed E-state index contributed by atoms with van der Waals surface area (Å²) in [6.07, 6.45) is 0.0517. The number of aliphatic hydroxyl groups is 1. The van der Waals surface area contributed by atoms with E-state index in [1.54, 1.807) is 24.3 Å². The number of likely N-dealkylation sites (tertiary alicyclic amines) is 2. The number of aromatic carboxylic acids is 1. The number of ketones is 2. The zero-order valence-electron chi connectivity index (χ0n) is 41.3. The normalized spacial score (nSPS) is 16.4. The molecule has 0 unspecified atom stereocenters. The molecule has 404 valence electrons. The van der Waals surface area contributed by atoms with Crippen molar-refractivity contribution in [2.45, 2.75) is 50.3 Å². The number of ether oxygens (including phenoxy) is 3. The smallest absolute Gasteiger partial charge is 0.410 e. The predicted octanol–water partition coefficient (Wildman–Crippen LogP) is 9.59. The number of hydrogen-bond acceptors (Lipinski definition) is 14. The van der Waals surface area contributed by atoms with Crippen molar-refractivity contribution < 1.29 is 71.8 Å². The van der Waals surface area contributed by atoms with E-state index in [4.69, 9.17) is 19.3 Å². The number of aromatic nitrogens is 2. The van der Waals surface area contributed by atoms with Gasteiger partial charge in [0.2, 0.25) is 0 Å². The number of halogens is 2. The minimum absolute atomic E-state index is 0.00581. The number of fused-ring (bicyclic) bond motifs is 2. The number of rotatable bonds is 13. The number of nitrogens with one attached hydrogen (secondary N) is 2. The molecule has 79 heavy (non-hydrogen) atoms. The van der Waals surface area contributed by atoms with Crippen molar-refractivity contribution in [2.24, 2.45) is 0 Å². The number of hydrogen-bond donors (Lipinski definition) is 4. The first-order chi connectivity index (χ1) is 37.9. The molecule has 2 aromatic heterocycles. The number of H-pyrrole nitrogens is 2. The molecule has 0 saturated carbocycles. The first-order valence-corrected chi connectivity index (χ1v) is 24.1. The highest BCUT2D eigenvalue weighted by atomic mass is 19.1. The Kier molecular flexibility index (Phi) is 17.2. The minimum atomic E-state index is -1.09. The number of carboxylic acid groups (broad SMARTS) is 1. The second-order valence-electron chi connectivity index (χ2n) is 18.0. The molecule has 23 heteroatoms. The molecular formula is C56H46F2N6O15. The molecule has 2 aliphatic heterocycles. The number of aliphatic hydroxyl groups excluding tert-OH is 1. The van der Waals surface area contributed by atoms with Gasteiger partial charge in [-0.2, -0.15) is 0 Å². The Morgan fingerprint density at radius 3 is 1.46 bits per heavy atom. The summed E-state index contributed by atoms with van der Waals surface area (Å²) in [7, 11) is 0. The van der Waals surface area contributed by atoms with E-state index in [1.165, 1.54) is 95.0 Å². The molecule has 2 amide bonds. The molecule has 4 N–H and O–H groups in total. The second-order valence-corrected chi connectivity index (χ2v) is 18.0. The lowest BCUT2D eigenvalue weighted by Crippen LogP contribution is -2.41. The summed E-state index contributed by atoms with van der Waals surface area (Å²) in [5, 5.41) is 40.6. The van der Waals surface area contributed by atoms with Crippen molar-refractivity contribution >= 4 is 68.9 Å². The third-order valence-electron chi connectivity index (χ3n) is 12.8. The van der Waals surface area contributed by atoms with E-state index >= 15 is 0 Å². The summed E-state index contributed by atoms with van der Waals surface area (Å²) < 4.78 is 43.4. The Balaban J connectivity index is 0.000000178. The number of benzene rings is 6. The largest absolute Gasteiger partial charge is 0.478 e. The lowest BCUT2D eigenvalue weighted by atomic mass is 10.0. The quantitative estimate of drug-likeness (QED) is 0.0275. The molecule has 10 rings (SSSR count). The fourth-order valence-corrected chi connectivity index (χ4v) is 8.83. The van der Waals surface area contributed by atoms with Crippen molar-refractivity contribution in [3.8, 4) is 0 Å². The van der Waals surface area contributed by atoms with Gasteiger partial charge in [0, 0.05) is 82.4 Å². The maximum absolute atomic E-state index is 13.7. The highest BCUT2D eigenvalue weighted by molar-refractivity contribution is 6.12. The summed E-state index contributed by atoms with van der Waals surface area (Å²) in [6, 6.07) is 34.1. The third-order valence-corrected chi connectivity index (χ3v) is 12.8. The molecule has 2 aliphatic rings. The topological polar surface area (TPSA) is 295 Å².